The Morgan fingerprint density at radius 1 is 1.18 bits per heavy atom. The first kappa shape index (κ1) is 24.0. The Labute approximate surface area is 206 Å². The average Bonchev–Trinajstić information content (AvgIpc) is 3.23. The number of halogens is 1. The molecule has 1 N–H and O–H groups in total. The van der Waals surface area contributed by atoms with E-state index in [1.807, 2.05) is 68.4 Å². The Morgan fingerprint density at radius 3 is 2.79 bits per heavy atom. The number of hydrogen-bond acceptors (Lipinski definition) is 6. The second-order valence-corrected chi connectivity index (χ2v) is 9.30. The highest BCUT2D eigenvalue weighted by Crippen LogP contribution is 2.37. The van der Waals surface area contributed by atoms with E-state index in [1.165, 1.54) is 11.8 Å². The van der Waals surface area contributed by atoms with Gasteiger partial charge in [0.2, 0.25) is 0 Å². The number of carboxylic acid groups (broad SMARTS) is 1. The molecular weight excluding hydrogens is 474 g/mol. The number of aliphatic carboxylic acids is 1. The van der Waals surface area contributed by atoms with Crippen LogP contribution in [-0.4, -0.2) is 34.7 Å². The Morgan fingerprint density at radius 2 is 2.00 bits per heavy atom. The van der Waals surface area contributed by atoms with Gasteiger partial charge in [-0.15, -0.1) is 11.8 Å². The average molecular weight is 498 g/mol. The van der Waals surface area contributed by atoms with Crippen LogP contribution >= 0.6 is 23.4 Å². The van der Waals surface area contributed by atoms with Crippen molar-refractivity contribution in [3.8, 4) is 22.8 Å². The Bertz CT molecular complexity index is 1310. The number of hydrogen-bond donors (Lipinski definition) is 1. The molecule has 8 heteroatoms. The monoisotopic (exact) mass is 497 g/mol. The second kappa shape index (κ2) is 10.8. The lowest BCUT2D eigenvalue weighted by Crippen LogP contribution is -2.16. The van der Waals surface area contributed by atoms with Crippen molar-refractivity contribution < 1.29 is 23.9 Å². The highest BCUT2D eigenvalue weighted by molar-refractivity contribution is 8.00. The zero-order valence-electron chi connectivity index (χ0n) is 18.8. The Kier molecular flexibility index (Phi) is 7.65. The summed E-state index contributed by atoms with van der Waals surface area (Å²) in [5, 5.41) is 14.6. The molecule has 1 atom stereocenters. The van der Waals surface area contributed by atoms with Crippen molar-refractivity contribution >= 4 is 40.3 Å². The van der Waals surface area contributed by atoms with Crippen LogP contribution in [0.2, 0.25) is 5.02 Å². The summed E-state index contributed by atoms with van der Waals surface area (Å²) < 4.78 is 17.6. The summed E-state index contributed by atoms with van der Waals surface area (Å²) >= 11 is 7.57. The third-order valence-corrected chi connectivity index (χ3v) is 6.59. The number of para-hydroxylation sites is 1. The molecule has 6 nitrogen and oxygen atoms in total. The summed E-state index contributed by atoms with van der Waals surface area (Å²) in [6, 6.07) is 18.8. The zero-order valence-corrected chi connectivity index (χ0v) is 20.4. The van der Waals surface area contributed by atoms with Crippen LogP contribution in [0.1, 0.15) is 18.9 Å². The summed E-state index contributed by atoms with van der Waals surface area (Å²) in [7, 11) is 0. The highest BCUT2D eigenvalue weighted by atomic mass is 35.5. The van der Waals surface area contributed by atoms with Crippen LogP contribution < -0.4 is 9.47 Å². The van der Waals surface area contributed by atoms with Gasteiger partial charge in [0.1, 0.15) is 17.2 Å². The van der Waals surface area contributed by atoms with Crippen molar-refractivity contribution in [2.24, 2.45) is 0 Å². The van der Waals surface area contributed by atoms with Crippen LogP contribution in [0.4, 0.5) is 0 Å². The van der Waals surface area contributed by atoms with E-state index in [1.54, 1.807) is 6.07 Å². The second-order valence-electron chi connectivity index (χ2n) is 7.84. The first-order chi connectivity index (χ1) is 16.4. The molecular formula is C26H24ClNO5S. The van der Waals surface area contributed by atoms with Gasteiger partial charge in [0.05, 0.1) is 18.5 Å². The van der Waals surface area contributed by atoms with Crippen LogP contribution in [0.25, 0.3) is 22.2 Å². The largest absolute Gasteiger partial charge is 0.493 e. The molecule has 34 heavy (non-hydrogen) atoms. The molecule has 0 aliphatic carbocycles. The van der Waals surface area contributed by atoms with E-state index in [0.29, 0.717) is 35.1 Å². The molecule has 1 unspecified atom stereocenters. The summed E-state index contributed by atoms with van der Waals surface area (Å²) in [6.07, 6.45) is 0.542. The van der Waals surface area contributed by atoms with Crippen molar-refractivity contribution in [2.75, 3.05) is 12.4 Å². The van der Waals surface area contributed by atoms with Gasteiger partial charge in [0, 0.05) is 27.3 Å². The number of carboxylic acids is 1. The van der Waals surface area contributed by atoms with E-state index in [4.69, 9.17) is 30.7 Å². The Balaban J connectivity index is 1.39. The predicted molar refractivity (Wildman–Crippen MR) is 134 cm³/mol. The molecule has 4 rings (SSSR count). The predicted octanol–water partition coefficient (Wildman–Crippen LogP) is 6.87. The maximum Gasteiger partial charge on any atom is 0.313 e. The molecule has 0 spiro atoms. The normalized spacial score (nSPS) is 12.0. The summed E-state index contributed by atoms with van der Waals surface area (Å²) in [5.74, 6) is 0.615. The van der Waals surface area contributed by atoms with Crippen LogP contribution in [0.3, 0.4) is 0 Å². The summed E-state index contributed by atoms with van der Waals surface area (Å²) in [6.45, 7) is 4.40. The molecule has 0 fully saturated rings. The first-order valence-corrected chi connectivity index (χ1v) is 12.2. The fourth-order valence-electron chi connectivity index (χ4n) is 3.50. The van der Waals surface area contributed by atoms with Crippen molar-refractivity contribution in [2.45, 2.75) is 31.3 Å². The SMILES string of the molecule is Cc1cc(OCCC(C)Oc2ccc(Cl)cc2-c2noc3ccccc23)ccc1SCC(=O)O. The molecule has 0 radical (unpaired) electrons. The molecule has 0 aliphatic heterocycles. The zero-order chi connectivity index (χ0) is 24.1. The number of rotatable bonds is 10. The number of aromatic nitrogens is 1. The topological polar surface area (TPSA) is 81.8 Å². The van der Waals surface area contributed by atoms with Crippen molar-refractivity contribution in [1.29, 1.82) is 0 Å². The van der Waals surface area contributed by atoms with Gasteiger partial charge in [-0.2, -0.15) is 0 Å². The van der Waals surface area contributed by atoms with Crippen molar-refractivity contribution in [3.63, 3.8) is 0 Å². The molecule has 0 aliphatic rings. The van der Waals surface area contributed by atoms with E-state index < -0.39 is 5.97 Å². The van der Waals surface area contributed by atoms with Gasteiger partial charge in [-0.1, -0.05) is 28.9 Å². The fraction of sp³-hybridized carbons (Fsp3) is 0.231. The van der Waals surface area contributed by atoms with Crippen LogP contribution in [0, 0.1) is 6.92 Å². The molecule has 1 heterocycles. The minimum atomic E-state index is -0.834. The maximum absolute atomic E-state index is 10.8. The van der Waals surface area contributed by atoms with Crippen LogP contribution in [-0.2, 0) is 4.79 Å². The van der Waals surface area contributed by atoms with E-state index in [0.717, 1.165) is 27.2 Å². The third-order valence-electron chi connectivity index (χ3n) is 5.19. The lowest BCUT2D eigenvalue weighted by Gasteiger charge is -2.18. The fourth-order valence-corrected chi connectivity index (χ4v) is 4.40. The van der Waals surface area contributed by atoms with E-state index in [9.17, 15) is 4.79 Å². The number of benzene rings is 3. The molecule has 0 amide bonds. The van der Waals surface area contributed by atoms with E-state index >= 15 is 0 Å². The molecule has 1 aromatic heterocycles. The third kappa shape index (κ3) is 5.85. The van der Waals surface area contributed by atoms with Gasteiger partial charge in [-0.3, -0.25) is 4.79 Å². The molecule has 176 valence electrons. The van der Waals surface area contributed by atoms with Crippen LogP contribution in [0.5, 0.6) is 11.5 Å². The number of nitrogens with zero attached hydrogens (tertiary/aromatic N) is 1. The quantitative estimate of drug-likeness (QED) is 0.239. The molecule has 0 saturated heterocycles. The summed E-state index contributed by atoms with van der Waals surface area (Å²) in [5.41, 5.74) is 3.15. The number of thioether (sulfide) groups is 1. The van der Waals surface area contributed by atoms with Gasteiger partial charge >= 0.3 is 5.97 Å². The van der Waals surface area contributed by atoms with Gasteiger partial charge < -0.3 is 19.1 Å². The van der Waals surface area contributed by atoms with Gasteiger partial charge in [-0.05, 0) is 67.9 Å². The van der Waals surface area contributed by atoms with Crippen molar-refractivity contribution in [3.05, 3.63) is 71.2 Å². The first-order valence-electron chi connectivity index (χ1n) is 10.8. The lowest BCUT2D eigenvalue weighted by atomic mass is 10.1. The van der Waals surface area contributed by atoms with E-state index in [-0.39, 0.29) is 11.9 Å². The highest BCUT2D eigenvalue weighted by Gasteiger charge is 2.17. The molecule has 3 aromatic carbocycles. The minimum absolute atomic E-state index is 0.0344. The number of ether oxygens (including phenoxy) is 2. The summed E-state index contributed by atoms with van der Waals surface area (Å²) in [4.78, 5) is 11.7. The van der Waals surface area contributed by atoms with E-state index in [2.05, 4.69) is 5.16 Å². The van der Waals surface area contributed by atoms with Crippen molar-refractivity contribution in [1.82, 2.24) is 5.16 Å². The lowest BCUT2D eigenvalue weighted by molar-refractivity contribution is -0.133. The maximum atomic E-state index is 10.8. The van der Waals surface area contributed by atoms with Crippen LogP contribution in [0.15, 0.2) is 70.1 Å². The number of fused-ring (bicyclic) bond motifs is 1. The molecule has 0 bridgehead atoms. The van der Waals surface area contributed by atoms with Gasteiger partial charge in [0.15, 0.2) is 5.58 Å². The number of aryl methyl sites for hydroxylation is 1. The Hall–Kier alpha value is -3.16. The minimum Gasteiger partial charge on any atom is -0.493 e. The van der Waals surface area contributed by atoms with Gasteiger partial charge in [-0.25, -0.2) is 0 Å². The van der Waals surface area contributed by atoms with Gasteiger partial charge in [0.25, 0.3) is 0 Å². The number of carbonyl (C=O) groups is 1. The molecule has 4 aromatic rings. The molecule has 0 saturated carbocycles. The smallest absolute Gasteiger partial charge is 0.313 e. The standard InChI is InChI=1S/C26H24ClNO5S/c1-16-13-19(8-10-24(16)34-15-25(29)30)31-12-11-17(2)32-22-9-7-18(27)14-21(22)26-20-5-3-4-6-23(20)33-28-26/h3-10,13-14,17H,11-12,15H2,1-2H3,(H,29,30).